The fourth-order valence-electron chi connectivity index (χ4n) is 2.78. The lowest BCUT2D eigenvalue weighted by Gasteiger charge is -2.26. The van der Waals surface area contributed by atoms with E-state index in [-0.39, 0.29) is 0 Å². The number of nitrogen functional groups attached to an aromatic ring is 1. The first-order chi connectivity index (χ1) is 9.70. The molecule has 0 saturated carbocycles. The Morgan fingerprint density at radius 3 is 2.70 bits per heavy atom. The molecule has 1 aliphatic heterocycles. The largest absolute Gasteiger partial charge is 0.369 e. The number of aromatic nitrogens is 4. The number of hydrogen-bond donors (Lipinski definition) is 1. The molecule has 2 aromatic heterocycles. The standard InChI is InChI=1S/C13H22N6S/c1-3-10-11-12(17(2)16-10)19(13(14)15-11)5-4-18-6-8-20-9-7-18/h3-9H2,1-2H3,(H2,14,15). The summed E-state index contributed by atoms with van der Waals surface area (Å²) in [7, 11) is 1.97. The monoisotopic (exact) mass is 294 g/mol. The average Bonchev–Trinajstić information content (AvgIpc) is 2.95. The number of thioether (sulfide) groups is 1. The lowest BCUT2D eigenvalue weighted by molar-refractivity contribution is 0.291. The van der Waals surface area contributed by atoms with Gasteiger partial charge in [0.05, 0.1) is 5.69 Å². The van der Waals surface area contributed by atoms with Crippen molar-refractivity contribution in [2.75, 3.05) is 36.9 Å². The van der Waals surface area contributed by atoms with Crippen LogP contribution in [0.25, 0.3) is 11.2 Å². The zero-order valence-electron chi connectivity index (χ0n) is 12.2. The van der Waals surface area contributed by atoms with Gasteiger partial charge in [-0.25, -0.2) is 4.98 Å². The van der Waals surface area contributed by atoms with E-state index in [0.717, 1.165) is 36.4 Å². The van der Waals surface area contributed by atoms with Gasteiger partial charge in [-0.05, 0) is 6.42 Å². The highest BCUT2D eigenvalue weighted by atomic mass is 32.2. The number of hydrogen-bond acceptors (Lipinski definition) is 5. The maximum Gasteiger partial charge on any atom is 0.202 e. The van der Waals surface area contributed by atoms with Gasteiger partial charge in [0.2, 0.25) is 5.95 Å². The summed E-state index contributed by atoms with van der Waals surface area (Å²) in [6, 6.07) is 0. The second-order valence-electron chi connectivity index (χ2n) is 5.17. The van der Waals surface area contributed by atoms with E-state index < -0.39 is 0 Å². The van der Waals surface area contributed by atoms with Crippen molar-refractivity contribution in [3.63, 3.8) is 0 Å². The Bertz CT molecular complexity index is 596. The summed E-state index contributed by atoms with van der Waals surface area (Å²) >= 11 is 2.04. The molecule has 2 aromatic rings. The van der Waals surface area contributed by atoms with Crippen LogP contribution in [0.5, 0.6) is 0 Å². The quantitative estimate of drug-likeness (QED) is 0.910. The van der Waals surface area contributed by atoms with Crippen molar-refractivity contribution in [3.05, 3.63) is 5.69 Å². The Morgan fingerprint density at radius 2 is 2.00 bits per heavy atom. The van der Waals surface area contributed by atoms with Crippen molar-refractivity contribution in [2.45, 2.75) is 19.9 Å². The topological polar surface area (TPSA) is 64.9 Å². The molecule has 0 spiro atoms. The summed E-state index contributed by atoms with van der Waals surface area (Å²) in [4.78, 5) is 7.00. The number of fused-ring (bicyclic) bond motifs is 1. The van der Waals surface area contributed by atoms with Crippen LogP contribution in [-0.2, 0) is 20.0 Å². The highest BCUT2D eigenvalue weighted by Gasteiger charge is 2.18. The third-order valence-corrected chi connectivity index (χ3v) is 4.84. The van der Waals surface area contributed by atoms with Gasteiger partial charge < -0.3 is 5.73 Å². The van der Waals surface area contributed by atoms with Crippen LogP contribution in [0.3, 0.4) is 0 Å². The fourth-order valence-corrected chi connectivity index (χ4v) is 3.76. The van der Waals surface area contributed by atoms with Crippen LogP contribution in [0.1, 0.15) is 12.6 Å². The van der Waals surface area contributed by atoms with E-state index >= 15 is 0 Å². The van der Waals surface area contributed by atoms with E-state index in [1.807, 2.05) is 23.5 Å². The first-order valence-electron chi connectivity index (χ1n) is 7.18. The summed E-state index contributed by atoms with van der Waals surface area (Å²) in [6.07, 6.45) is 0.886. The van der Waals surface area contributed by atoms with Gasteiger partial charge in [0, 0.05) is 44.7 Å². The number of nitrogens with two attached hydrogens (primary N) is 1. The van der Waals surface area contributed by atoms with Gasteiger partial charge in [-0.3, -0.25) is 14.1 Å². The van der Waals surface area contributed by atoms with Gasteiger partial charge in [-0.1, -0.05) is 6.92 Å². The minimum Gasteiger partial charge on any atom is -0.369 e. The molecule has 3 heterocycles. The molecule has 0 aromatic carbocycles. The molecule has 0 amide bonds. The molecule has 7 heteroatoms. The van der Waals surface area contributed by atoms with E-state index in [0.29, 0.717) is 5.95 Å². The summed E-state index contributed by atoms with van der Waals surface area (Å²) in [6.45, 7) is 6.36. The predicted molar refractivity (Wildman–Crippen MR) is 84.1 cm³/mol. The minimum atomic E-state index is 0.606. The highest BCUT2D eigenvalue weighted by molar-refractivity contribution is 7.99. The Morgan fingerprint density at radius 1 is 1.25 bits per heavy atom. The van der Waals surface area contributed by atoms with Crippen LogP contribution in [0, 0.1) is 0 Å². The van der Waals surface area contributed by atoms with Crippen molar-refractivity contribution in [1.29, 1.82) is 0 Å². The van der Waals surface area contributed by atoms with Crippen LogP contribution in [0.2, 0.25) is 0 Å². The molecular weight excluding hydrogens is 272 g/mol. The van der Waals surface area contributed by atoms with Crippen LogP contribution in [-0.4, -0.2) is 55.4 Å². The molecular formula is C13H22N6S. The predicted octanol–water partition coefficient (Wildman–Crippen LogP) is 0.963. The van der Waals surface area contributed by atoms with Gasteiger partial charge >= 0.3 is 0 Å². The lowest BCUT2D eigenvalue weighted by atomic mass is 10.3. The van der Waals surface area contributed by atoms with Gasteiger partial charge in [-0.15, -0.1) is 0 Å². The molecule has 1 saturated heterocycles. The van der Waals surface area contributed by atoms with Crippen molar-refractivity contribution < 1.29 is 0 Å². The van der Waals surface area contributed by atoms with Crippen LogP contribution in [0.15, 0.2) is 0 Å². The second-order valence-corrected chi connectivity index (χ2v) is 6.40. The Labute approximate surface area is 123 Å². The van der Waals surface area contributed by atoms with Crippen LogP contribution < -0.4 is 5.73 Å². The molecule has 6 nitrogen and oxygen atoms in total. The molecule has 20 heavy (non-hydrogen) atoms. The first kappa shape index (κ1) is 13.8. The molecule has 1 aliphatic rings. The maximum absolute atomic E-state index is 6.09. The zero-order chi connectivity index (χ0) is 14.1. The van der Waals surface area contributed by atoms with E-state index in [1.165, 1.54) is 24.6 Å². The smallest absolute Gasteiger partial charge is 0.202 e. The Hall–Kier alpha value is -1.21. The van der Waals surface area contributed by atoms with E-state index in [1.54, 1.807) is 0 Å². The SMILES string of the molecule is CCc1nn(C)c2c1nc(N)n2CCN1CCSCC1. The van der Waals surface area contributed by atoms with Crippen molar-refractivity contribution in [1.82, 2.24) is 24.2 Å². The minimum absolute atomic E-state index is 0.606. The van der Waals surface area contributed by atoms with Gasteiger partial charge in [0.25, 0.3) is 0 Å². The molecule has 0 unspecified atom stereocenters. The van der Waals surface area contributed by atoms with Crippen LogP contribution in [0.4, 0.5) is 5.95 Å². The molecule has 110 valence electrons. The number of nitrogens with zero attached hydrogens (tertiary/aromatic N) is 5. The average molecular weight is 294 g/mol. The summed E-state index contributed by atoms with van der Waals surface area (Å²) in [5.41, 5.74) is 9.13. The number of imidazole rings is 1. The summed E-state index contributed by atoms with van der Waals surface area (Å²) < 4.78 is 4.01. The fraction of sp³-hybridized carbons (Fsp3) is 0.692. The normalized spacial score (nSPS) is 17.1. The van der Waals surface area contributed by atoms with Crippen LogP contribution >= 0.6 is 11.8 Å². The van der Waals surface area contributed by atoms with Crippen molar-refractivity contribution in [3.8, 4) is 0 Å². The second kappa shape index (κ2) is 5.65. The van der Waals surface area contributed by atoms with Crippen molar-refractivity contribution in [2.24, 2.45) is 7.05 Å². The zero-order valence-corrected chi connectivity index (χ0v) is 13.0. The van der Waals surface area contributed by atoms with Gasteiger partial charge in [0.15, 0.2) is 5.65 Å². The van der Waals surface area contributed by atoms with Gasteiger partial charge in [-0.2, -0.15) is 16.9 Å². The van der Waals surface area contributed by atoms with Gasteiger partial charge in [0.1, 0.15) is 5.52 Å². The highest BCUT2D eigenvalue weighted by Crippen LogP contribution is 2.21. The van der Waals surface area contributed by atoms with Crippen molar-refractivity contribution >= 4 is 28.9 Å². The molecule has 0 atom stereocenters. The molecule has 0 radical (unpaired) electrons. The first-order valence-corrected chi connectivity index (χ1v) is 8.34. The molecule has 0 aliphatic carbocycles. The summed E-state index contributed by atoms with van der Waals surface area (Å²) in [5.74, 6) is 3.08. The molecule has 0 bridgehead atoms. The molecule has 3 rings (SSSR count). The third-order valence-electron chi connectivity index (χ3n) is 3.90. The molecule has 2 N–H and O–H groups in total. The lowest BCUT2D eigenvalue weighted by Crippen LogP contribution is -2.35. The Kier molecular flexibility index (Phi) is 3.89. The summed E-state index contributed by atoms with van der Waals surface area (Å²) in [5, 5.41) is 4.53. The van der Waals surface area contributed by atoms with E-state index in [2.05, 4.69) is 26.5 Å². The number of rotatable bonds is 4. The van der Waals surface area contributed by atoms with E-state index in [4.69, 9.17) is 5.73 Å². The Balaban J connectivity index is 1.83. The third kappa shape index (κ3) is 2.40. The maximum atomic E-state index is 6.09. The number of anilines is 1. The van der Waals surface area contributed by atoms with E-state index in [9.17, 15) is 0 Å². The number of aryl methyl sites for hydroxylation is 2. The molecule has 1 fully saturated rings.